The lowest BCUT2D eigenvalue weighted by Gasteiger charge is -2.65. The summed E-state index contributed by atoms with van der Waals surface area (Å²) < 4.78 is 6.67. The molecule has 0 N–H and O–H groups in total. The van der Waals surface area contributed by atoms with Crippen LogP contribution >= 0.6 is 0 Å². The average Bonchev–Trinajstić information content (AvgIpc) is 2.72. The average molecular weight is 356 g/mol. The third-order valence-electron chi connectivity index (χ3n) is 6.62. The van der Waals surface area contributed by atoms with Crippen molar-refractivity contribution in [3.8, 4) is 12.1 Å². The first-order valence-corrected chi connectivity index (χ1v) is 9.79. The second-order valence-electron chi connectivity index (χ2n) is 7.83. The van der Waals surface area contributed by atoms with Crippen molar-refractivity contribution < 1.29 is 4.74 Å². The molecule has 0 heterocycles. The number of hydrogen-bond donors (Lipinski definition) is 0. The van der Waals surface area contributed by atoms with Crippen molar-refractivity contribution in [2.24, 2.45) is 11.3 Å². The molecule has 2 saturated carbocycles. The SMILES string of the molecule is C[C@H](O[C@]12CCCC[C@H]1[C@H](c1ccccc1)C2(C#N)C#N)c1ccccc1. The van der Waals surface area contributed by atoms with Crippen LogP contribution in [0.1, 0.15) is 55.8 Å². The fourth-order valence-electron chi connectivity index (χ4n) is 5.41. The van der Waals surface area contributed by atoms with E-state index in [1.807, 2.05) is 67.6 Å². The maximum atomic E-state index is 10.2. The van der Waals surface area contributed by atoms with Crippen LogP contribution in [0.3, 0.4) is 0 Å². The summed E-state index contributed by atoms with van der Waals surface area (Å²) in [5, 5.41) is 20.4. The van der Waals surface area contributed by atoms with Crippen LogP contribution in [-0.4, -0.2) is 5.60 Å². The topological polar surface area (TPSA) is 56.8 Å². The van der Waals surface area contributed by atoms with E-state index in [-0.39, 0.29) is 17.9 Å². The van der Waals surface area contributed by atoms with E-state index >= 15 is 0 Å². The first-order chi connectivity index (χ1) is 13.2. The lowest BCUT2D eigenvalue weighted by atomic mass is 9.39. The van der Waals surface area contributed by atoms with Crippen LogP contribution in [0.25, 0.3) is 0 Å². The standard InChI is InChI=1S/C24H24N2O/c1-18(19-10-4-2-5-11-19)27-24-15-9-8-14-21(24)22(23(24,16-25)17-26)20-12-6-3-7-13-20/h2-7,10-13,18,21-22H,8-9,14-15H2,1H3/t18-,21-,22-,24+/m0/s1. The Morgan fingerprint density at radius 1 is 0.963 bits per heavy atom. The van der Waals surface area contributed by atoms with Gasteiger partial charge in [0.1, 0.15) is 5.60 Å². The highest BCUT2D eigenvalue weighted by atomic mass is 16.5. The van der Waals surface area contributed by atoms with Gasteiger partial charge in [0.15, 0.2) is 5.41 Å². The highest BCUT2D eigenvalue weighted by Crippen LogP contribution is 2.70. The van der Waals surface area contributed by atoms with Gasteiger partial charge in [-0.2, -0.15) is 10.5 Å². The van der Waals surface area contributed by atoms with Crippen molar-refractivity contribution in [2.45, 2.75) is 50.2 Å². The number of benzene rings is 2. The summed E-state index contributed by atoms with van der Waals surface area (Å²) in [4.78, 5) is 0. The van der Waals surface area contributed by atoms with Gasteiger partial charge >= 0.3 is 0 Å². The van der Waals surface area contributed by atoms with Crippen LogP contribution in [0.2, 0.25) is 0 Å². The Hall–Kier alpha value is -2.62. The number of fused-ring (bicyclic) bond motifs is 1. The second-order valence-corrected chi connectivity index (χ2v) is 7.83. The zero-order chi connectivity index (χ0) is 18.9. The maximum absolute atomic E-state index is 10.2. The molecule has 2 aliphatic carbocycles. The summed E-state index contributed by atoms with van der Waals surface area (Å²) in [6.07, 6.45) is 3.77. The van der Waals surface area contributed by atoms with Gasteiger partial charge in [-0.25, -0.2) is 0 Å². The molecule has 0 amide bonds. The van der Waals surface area contributed by atoms with E-state index in [0.29, 0.717) is 0 Å². The highest BCUT2D eigenvalue weighted by Gasteiger charge is 2.75. The molecule has 2 fully saturated rings. The van der Waals surface area contributed by atoms with Gasteiger partial charge in [-0.15, -0.1) is 0 Å². The Morgan fingerprint density at radius 3 is 2.22 bits per heavy atom. The van der Waals surface area contributed by atoms with Crippen LogP contribution in [0.4, 0.5) is 0 Å². The van der Waals surface area contributed by atoms with Crippen LogP contribution in [-0.2, 0) is 4.74 Å². The number of rotatable bonds is 4. The molecule has 2 aromatic carbocycles. The Labute approximate surface area is 161 Å². The first-order valence-electron chi connectivity index (χ1n) is 9.79. The van der Waals surface area contributed by atoms with E-state index in [9.17, 15) is 10.5 Å². The van der Waals surface area contributed by atoms with Gasteiger partial charge in [-0.1, -0.05) is 73.5 Å². The smallest absolute Gasteiger partial charge is 0.179 e. The molecule has 0 spiro atoms. The third kappa shape index (κ3) is 2.50. The molecule has 4 atom stereocenters. The predicted molar refractivity (Wildman–Crippen MR) is 103 cm³/mol. The molecule has 0 saturated heterocycles. The molecule has 27 heavy (non-hydrogen) atoms. The van der Waals surface area contributed by atoms with Gasteiger partial charge in [0, 0.05) is 11.8 Å². The maximum Gasteiger partial charge on any atom is 0.179 e. The molecule has 2 aliphatic rings. The summed E-state index contributed by atoms with van der Waals surface area (Å²) in [6.45, 7) is 2.03. The normalized spacial score (nSPS) is 29.4. The summed E-state index contributed by atoms with van der Waals surface area (Å²) >= 11 is 0. The van der Waals surface area contributed by atoms with Crippen molar-refractivity contribution in [1.82, 2.24) is 0 Å². The monoisotopic (exact) mass is 356 g/mol. The van der Waals surface area contributed by atoms with Crippen LogP contribution in [0.5, 0.6) is 0 Å². The van der Waals surface area contributed by atoms with E-state index in [0.717, 1.165) is 36.8 Å². The van der Waals surface area contributed by atoms with Gasteiger partial charge in [0.05, 0.1) is 18.2 Å². The quantitative estimate of drug-likeness (QED) is 0.724. The Balaban J connectivity index is 1.75. The first kappa shape index (κ1) is 17.8. The van der Waals surface area contributed by atoms with E-state index in [1.54, 1.807) is 0 Å². The molecular formula is C24H24N2O. The van der Waals surface area contributed by atoms with Gasteiger partial charge in [-0.3, -0.25) is 0 Å². The van der Waals surface area contributed by atoms with Crippen molar-refractivity contribution in [3.63, 3.8) is 0 Å². The Morgan fingerprint density at radius 2 is 1.59 bits per heavy atom. The van der Waals surface area contributed by atoms with E-state index in [2.05, 4.69) is 12.1 Å². The van der Waals surface area contributed by atoms with Gasteiger partial charge < -0.3 is 4.74 Å². The largest absolute Gasteiger partial charge is 0.364 e. The second kappa shape index (κ2) is 6.84. The number of ether oxygens (including phenoxy) is 1. The number of hydrogen-bond acceptors (Lipinski definition) is 3. The molecule has 4 rings (SSSR count). The van der Waals surface area contributed by atoms with Gasteiger partial charge in [0.25, 0.3) is 0 Å². The van der Waals surface area contributed by atoms with Crippen molar-refractivity contribution >= 4 is 0 Å². The van der Waals surface area contributed by atoms with Crippen LogP contribution in [0.15, 0.2) is 60.7 Å². The zero-order valence-corrected chi connectivity index (χ0v) is 15.6. The predicted octanol–water partition coefficient (Wildman–Crippen LogP) is 5.52. The van der Waals surface area contributed by atoms with E-state index in [4.69, 9.17) is 4.74 Å². The van der Waals surface area contributed by atoms with Crippen LogP contribution < -0.4 is 0 Å². The summed E-state index contributed by atoms with van der Waals surface area (Å²) in [6, 6.07) is 25.0. The molecule has 0 aliphatic heterocycles. The highest BCUT2D eigenvalue weighted by molar-refractivity contribution is 5.45. The van der Waals surface area contributed by atoms with Crippen molar-refractivity contribution in [3.05, 3.63) is 71.8 Å². The zero-order valence-electron chi connectivity index (χ0n) is 15.6. The minimum absolute atomic E-state index is 0.0861. The Bertz CT molecular complexity index is 866. The molecular weight excluding hydrogens is 332 g/mol. The number of nitrogens with zero attached hydrogens (tertiary/aromatic N) is 2. The third-order valence-corrected chi connectivity index (χ3v) is 6.62. The molecule has 3 heteroatoms. The minimum atomic E-state index is -1.14. The van der Waals surface area contributed by atoms with Gasteiger partial charge in [0.2, 0.25) is 0 Å². The summed E-state index contributed by atoms with van der Waals surface area (Å²) in [7, 11) is 0. The molecule has 0 radical (unpaired) electrons. The molecule has 136 valence electrons. The fraction of sp³-hybridized carbons (Fsp3) is 0.417. The number of nitriles is 2. The molecule has 2 aromatic rings. The molecule has 0 aromatic heterocycles. The van der Waals surface area contributed by atoms with E-state index in [1.165, 1.54) is 0 Å². The Kier molecular flexibility index (Phi) is 4.50. The molecule has 0 unspecified atom stereocenters. The van der Waals surface area contributed by atoms with Crippen molar-refractivity contribution in [2.75, 3.05) is 0 Å². The molecule has 3 nitrogen and oxygen atoms in total. The van der Waals surface area contributed by atoms with Gasteiger partial charge in [-0.05, 0) is 30.9 Å². The lowest BCUT2D eigenvalue weighted by Crippen LogP contribution is -2.70. The minimum Gasteiger partial charge on any atom is -0.364 e. The summed E-state index contributed by atoms with van der Waals surface area (Å²) in [5.41, 5.74) is 0.343. The van der Waals surface area contributed by atoms with E-state index < -0.39 is 11.0 Å². The van der Waals surface area contributed by atoms with Crippen molar-refractivity contribution in [1.29, 1.82) is 10.5 Å². The fourth-order valence-corrected chi connectivity index (χ4v) is 5.41. The molecule has 0 bridgehead atoms. The lowest BCUT2D eigenvalue weighted by molar-refractivity contribution is -0.256. The van der Waals surface area contributed by atoms with Crippen LogP contribution in [0, 0.1) is 34.0 Å². The summed E-state index contributed by atoms with van der Waals surface area (Å²) in [5.74, 6) is 0.121.